The third-order valence-corrected chi connectivity index (χ3v) is 10.9. The van der Waals surface area contributed by atoms with Gasteiger partial charge in [-0.3, -0.25) is 14.8 Å². The fraction of sp³-hybridized carbons (Fsp3) is 0.351. The first-order chi connectivity index (χ1) is 24.9. The zero-order valence-electron chi connectivity index (χ0n) is 29.2. The summed E-state index contributed by atoms with van der Waals surface area (Å²) in [7, 11) is -0.161. The number of aliphatic hydroxyl groups is 1. The van der Waals surface area contributed by atoms with Crippen LogP contribution in [0.5, 0.6) is 5.75 Å². The van der Waals surface area contributed by atoms with Gasteiger partial charge in [0.15, 0.2) is 0 Å². The second kappa shape index (κ2) is 14.5. The topological polar surface area (TPSA) is 139 Å². The first kappa shape index (κ1) is 37.8. The number of alkyl halides is 3. The Labute approximate surface area is 302 Å². The normalized spacial score (nSPS) is 21.2. The molecule has 2 saturated carbocycles. The van der Waals surface area contributed by atoms with Gasteiger partial charge in [-0.05, 0) is 84.8 Å². The summed E-state index contributed by atoms with van der Waals surface area (Å²) in [5, 5.41) is 35.5. The van der Waals surface area contributed by atoms with Crippen molar-refractivity contribution in [3.8, 4) is 16.9 Å². The minimum atomic E-state index is -4.99. The maximum absolute atomic E-state index is 15.0. The van der Waals surface area contributed by atoms with Crippen LogP contribution in [0, 0.1) is 29.4 Å². The lowest BCUT2D eigenvalue weighted by molar-refractivity contribution is -0.140. The van der Waals surface area contributed by atoms with Gasteiger partial charge in [0, 0.05) is 29.0 Å². The molecule has 2 aliphatic rings. The number of carboxylic acids is 1. The van der Waals surface area contributed by atoms with E-state index in [9.17, 15) is 41.8 Å². The molecule has 4 aromatic rings. The molecular formula is C37H38F5N5O5Si. The van der Waals surface area contributed by atoms with Gasteiger partial charge in [-0.2, -0.15) is 13.2 Å². The maximum Gasteiger partial charge on any atom is 0.419 e. The van der Waals surface area contributed by atoms with Crippen LogP contribution in [0.4, 0.5) is 27.6 Å². The number of fused-ring (bicyclic) bond motifs is 2. The molecule has 280 valence electrons. The van der Waals surface area contributed by atoms with Gasteiger partial charge in [-0.1, -0.05) is 36.5 Å². The predicted octanol–water partition coefficient (Wildman–Crippen LogP) is 7.15. The number of hydrogen-bond donors (Lipinski definition) is 4. The summed E-state index contributed by atoms with van der Waals surface area (Å²) in [4.78, 5) is 25.6. The Morgan fingerprint density at radius 3 is 2.43 bits per heavy atom. The molecule has 0 radical (unpaired) electrons. The Hall–Kier alpha value is -4.93. The number of carbonyl (C=O) groups is 2. The third-order valence-electron chi connectivity index (χ3n) is 9.65. The summed E-state index contributed by atoms with van der Waals surface area (Å²) in [5.41, 5.74) is -0.0800. The first-order valence-corrected chi connectivity index (χ1v) is 20.6. The zero-order chi connectivity index (χ0) is 38.4. The van der Waals surface area contributed by atoms with Crippen LogP contribution < -0.4 is 15.4 Å². The van der Waals surface area contributed by atoms with Gasteiger partial charge >= 0.3 is 12.1 Å². The highest BCUT2D eigenvalue weighted by atomic mass is 28.3. The molecule has 2 aliphatic carbocycles. The van der Waals surface area contributed by atoms with E-state index in [4.69, 9.17) is 4.74 Å². The summed E-state index contributed by atoms with van der Waals surface area (Å²) in [6.07, 6.45) is -0.879. The maximum atomic E-state index is 15.0. The van der Waals surface area contributed by atoms with Gasteiger partial charge < -0.3 is 20.3 Å². The van der Waals surface area contributed by atoms with Crippen LogP contribution in [0.2, 0.25) is 19.6 Å². The fourth-order valence-electron chi connectivity index (χ4n) is 7.45. The number of nitrogens with one attached hydrogen (secondary N) is 2. The van der Waals surface area contributed by atoms with Gasteiger partial charge in [0.25, 0.3) is 0 Å². The van der Waals surface area contributed by atoms with Gasteiger partial charge in [-0.15, -0.1) is 5.10 Å². The largest absolute Gasteiger partial charge is 0.496 e. The molecule has 1 amide bonds. The van der Waals surface area contributed by atoms with Gasteiger partial charge in [-0.25, -0.2) is 13.6 Å². The van der Waals surface area contributed by atoms with Crippen LogP contribution >= 0.6 is 0 Å². The van der Waals surface area contributed by atoms with E-state index in [1.165, 1.54) is 31.4 Å². The molecule has 4 N–H and O–H groups in total. The smallest absolute Gasteiger partial charge is 0.419 e. The molecule has 2 fully saturated rings. The molecule has 1 heterocycles. The lowest BCUT2D eigenvalue weighted by atomic mass is 9.83. The Morgan fingerprint density at radius 2 is 1.75 bits per heavy atom. The van der Waals surface area contributed by atoms with E-state index in [-0.39, 0.29) is 39.6 Å². The van der Waals surface area contributed by atoms with E-state index >= 15 is 0 Å². The number of halogens is 5. The molecular weight excluding hydrogens is 718 g/mol. The van der Waals surface area contributed by atoms with Crippen molar-refractivity contribution in [3.05, 3.63) is 100 Å². The molecule has 0 aliphatic heterocycles. The average molecular weight is 756 g/mol. The van der Waals surface area contributed by atoms with Crippen molar-refractivity contribution in [2.75, 3.05) is 12.4 Å². The summed E-state index contributed by atoms with van der Waals surface area (Å²) >= 11 is 0. The van der Waals surface area contributed by atoms with Crippen molar-refractivity contribution in [3.63, 3.8) is 0 Å². The lowest BCUT2D eigenvalue weighted by Gasteiger charge is -2.32. The van der Waals surface area contributed by atoms with Crippen LogP contribution in [0.25, 0.3) is 17.2 Å². The summed E-state index contributed by atoms with van der Waals surface area (Å²) in [6.45, 7) is 6.59. The number of ether oxygens (including phenoxy) is 1. The molecule has 5 atom stereocenters. The molecule has 16 heteroatoms. The van der Waals surface area contributed by atoms with Crippen molar-refractivity contribution in [2.45, 2.75) is 57.1 Å². The van der Waals surface area contributed by atoms with E-state index in [0.29, 0.717) is 30.7 Å². The Kier molecular flexibility index (Phi) is 10.3. The molecule has 0 saturated heterocycles. The summed E-state index contributed by atoms with van der Waals surface area (Å²) < 4.78 is 76.9. The number of aliphatic hydroxyl groups excluding tert-OH is 1. The van der Waals surface area contributed by atoms with Crippen LogP contribution in [0.1, 0.15) is 46.2 Å². The molecule has 3 unspecified atom stereocenters. The van der Waals surface area contributed by atoms with Crippen molar-refractivity contribution in [1.82, 2.24) is 20.3 Å². The van der Waals surface area contributed by atoms with Crippen molar-refractivity contribution in [2.24, 2.45) is 17.8 Å². The quantitative estimate of drug-likeness (QED) is 0.0720. The van der Waals surface area contributed by atoms with Crippen molar-refractivity contribution >= 4 is 31.7 Å². The Balaban J connectivity index is 1.36. The van der Waals surface area contributed by atoms with Crippen molar-refractivity contribution in [1.29, 1.82) is 0 Å². The highest BCUT2D eigenvalue weighted by molar-refractivity contribution is 6.74. The SMILES string of the molecule is COc1ccc(-c2cc(C(=O)O)ccc2F)cc1C(O)N[C@@H]1C2CCC(/C2=C/c2cn(C[Si](C)(C)C)nn2)[C@@H]1C(=O)Nc1ccc(F)c(C(F)(F)F)c1. The number of amides is 1. The van der Waals surface area contributed by atoms with Crippen LogP contribution in [-0.4, -0.2) is 58.3 Å². The molecule has 10 nitrogen and oxygen atoms in total. The number of benzene rings is 3. The van der Waals surface area contributed by atoms with Crippen molar-refractivity contribution < 1.29 is 46.5 Å². The van der Waals surface area contributed by atoms with E-state index in [1.54, 1.807) is 4.68 Å². The molecule has 1 aromatic heterocycles. The molecule has 53 heavy (non-hydrogen) atoms. The van der Waals surface area contributed by atoms with E-state index in [0.717, 1.165) is 29.9 Å². The minimum absolute atomic E-state index is 0.0249. The number of aromatic nitrogens is 3. The van der Waals surface area contributed by atoms with Gasteiger partial charge in [0.1, 0.15) is 29.3 Å². The Morgan fingerprint density at radius 1 is 1.04 bits per heavy atom. The standard InChI is InChI=1S/C37H38F5N5O5Si/c1-52-31-12-6-19(25-14-20(36(50)51)5-10-29(25)38)13-27(31)34(48)44-33-24-9-8-23(26(24)15-22-17-47(46-45-22)18-53(2,3)4)32(33)35(49)43-21-7-11-30(39)28(16-21)37(40,41)42/h5-7,10-17,23-24,32-34,44,48H,8-9,18H2,1-4H3,(H,43,49)(H,50,51)/b26-15-/t23?,24?,32-,33+,34?/m0/s1. The number of nitrogens with zero attached hydrogens (tertiary/aromatic N) is 3. The minimum Gasteiger partial charge on any atom is -0.496 e. The monoisotopic (exact) mass is 755 g/mol. The summed E-state index contributed by atoms with van der Waals surface area (Å²) in [6, 6.07) is 9.29. The number of anilines is 1. The van der Waals surface area contributed by atoms with Gasteiger partial charge in [0.2, 0.25) is 5.91 Å². The molecule has 6 rings (SSSR count). The van der Waals surface area contributed by atoms with Crippen LogP contribution in [0.15, 0.2) is 66.4 Å². The fourth-order valence-corrected chi connectivity index (χ4v) is 8.57. The van der Waals surface area contributed by atoms with Gasteiger partial charge in [0.05, 0.1) is 38.4 Å². The Bertz CT molecular complexity index is 2080. The predicted molar refractivity (Wildman–Crippen MR) is 188 cm³/mol. The second-order valence-corrected chi connectivity index (χ2v) is 20.0. The summed E-state index contributed by atoms with van der Waals surface area (Å²) in [5.74, 6) is -5.44. The number of methoxy groups -OCH3 is 1. The second-order valence-electron chi connectivity index (χ2n) is 14.6. The molecule has 3 aromatic carbocycles. The number of aromatic carboxylic acids is 1. The number of rotatable bonds is 11. The highest BCUT2D eigenvalue weighted by Crippen LogP contribution is 2.54. The molecule has 2 bridgehead atoms. The number of hydrogen-bond acceptors (Lipinski definition) is 7. The number of carbonyl (C=O) groups excluding carboxylic acids is 1. The van der Waals surface area contributed by atoms with E-state index < -0.39 is 67.4 Å². The van der Waals surface area contributed by atoms with Crippen LogP contribution in [0.3, 0.4) is 0 Å². The van der Waals surface area contributed by atoms with E-state index in [1.807, 2.05) is 12.3 Å². The van der Waals surface area contributed by atoms with Crippen LogP contribution in [-0.2, 0) is 17.1 Å². The zero-order valence-corrected chi connectivity index (χ0v) is 30.2. The third kappa shape index (κ3) is 8.04. The average Bonchev–Trinajstić information content (AvgIpc) is 3.77. The first-order valence-electron chi connectivity index (χ1n) is 16.9. The molecule has 0 spiro atoms. The lowest BCUT2D eigenvalue weighted by Crippen LogP contribution is -2.47. The highest BCUT2D eigenvalue weighted by Gasteiger charge is 2.54. The number of carboxylic acid groups (broad SMARTS) is 1. The van der Waals surface area contributed by atoms with E-state index in [2.05, 4.69) is 40.6 Å².